The van der Waals surface area contributed by atoms with Crippen LogP contribution in [0.4, 0.5) is 0 Å². The second-order valence-corrected chi connectivity index (χ2v) is 4.55. The summed E-state index contributed by atoms with van der Waals surface area (Å²) in [4.78, 5) is 10.8. The van der Waals surface area contributed by atoms with Crippen LogP contribution in [-0.2, 0) is 4.79 Å². The van der Waals surface area contributed by atoms with E-state index in [-0.39, 0.29) is 11.8 Å². The van der Waals surface area contributed by atoms with Crippen LogP contribution in [0.3, 0.4) is 0 Å². The summed E-state index contributed by atoms with van der Waals surface area (Å²) < 4.78 is 0. The monoisotopic (exact) mass is 245 g/mol. The molecule has 100 valence electrons. The minimum Gasteiger partial charge on any atom is -0.481 e. The molecular formula is C11H24BNO4. The Hall–Kier alpha value is -0.585. The number of rotatable bonds is 5. The van der Waals surface area contributed by atoms with Crippen molar-refractivity contribution >= 4 is 13.1 Å². The van der Waals surface area contributed by atoms with E-state index in [1.54, 1.807) is 0 Å². The van der Waals surface area contributed by atoms with Crippen LogP contribution in [0.1, 0.15) is 32.1 Å². The lowest BCUT2D eigenvalue weighted by Gasteiger charge is -2.14. The molecule has 1 aliphatic rings. The van der Waals surface area contributed by atoms with Crippen molar-refractivity contribution < 1.29 is 19.9 Å². The second kappa shape index (κ2) is 9.45. The summed E-state index contributed by atoms with van der Waals surface area (Å²) in [5.41, 5.74) is 0. The van der Waals surface area contributed by atoms with Crippen molar-refractivity contribution in [2.45, 2.75) is 38.4 Å². The summed E-state index contributed by atoms with van der Waals surface area (Å²) in [5.74, 6) is -0.658. The first-order chi connectivity index (χ1) is 8.02. The molecule has 2 atom stereocenters. The van der Waals surface area contributed by atoms with Crippen LogP contribution in [0.5, 0.6) is 0 Å². The third-order valence-corrected chi connectivity index (χ3v) is 3.01. The molecule has 0 radical (unpaired) electrons. The van der Waals surface area contributed by atoms with Crippen molar-refractivity contribution in [1.29, 1.82) is 0 Å². The molecule has 0 aromatic carbocycles. The largest absolute Gasteiger partial charge is 0.481 e. The van der Waals surface area contributed by atoms with E-state index in [9.17, 15) is 4.79 Å². The molecule has 0 aromatic rings. The highest BCUT2D eigenvalue weighted by Crippen LogP contribution is 2.35. The van der Waals surface area contributed by atoms with Crippen LogP contribution in [0, 0.1) is 11.8 Å². The van der Waals surface area contributed by atoms with Crippen molar-refractivity contribution in [3.05, 3.63) is 0 Å². The maximum Gasteiger partial charge on any atom is 0.451 e. The molecule has 0 bridgehead atoms. The molecule has 0 heterocycles. The van der Waals surface area contributed by atoms with E-state index < -0.39 is 13.1 Å². The molecule has 17 heavy (non-hydrogen) atoms. The summed E-state index contributed by atoms with van der Waals surface area (Å²) in [5, 5.41) is 28.9. The van der Waals surface area contributed by atoms with Gasteiger partial charge in [0.25, 0.3) is 0 Å². The Kier molecular flexibility index (Phi) is 9.12. The predicted octanol–water partition coefficient (Wildman–Crippen LogP) is 0.576. The van der Waals surface area contributed by atoms with Gasteiger partial charge in [-0.1, -0.05) is 19.3 Å². The van der Waals surface area contributed by atoms with Crippen molar-refractivity contribution in [3.8, 4) is 0 Å². The average molecular weight is 245 g/mol. The maximum absolute atomic E-state index is 10.8. The number of carboxylic acid groups (broad SMARTS) is 1. The van der Waals surface area contributed by atoms with Gasteiger partial charge in [0, 0.05) is 0 Å². The van der Waals surface area contributed by atoms with Crippen molar-refractivity contribution in [1.82, 2.24) is 5.32 Å². The SMILES string of the molecule is CNC.O=C(O)C1CCCC1CCCB(O)O. The number of hydrogen-bond donors (Lipinski definition) is 4. The molecule has 5 nitrogen and oxygen atoms in total. The third kappa shape index (κ3) is 7.36. The zero-order valence-electron chi connectivity index (χ0n) is 10.7. The molecule has 6 heteroatoms. The lowest BCUT2D eigenvalue weighted by atomic mass is 9.80. The Morgan fingerprint density at radius 1 is 1.35 bits per heavy atom. The molecule has 1 aliphatic carbocycles. The molecule has 1 rings (SSSR count). The van der Waals surface area contributed by atoms with Gasteiger partial charge in [0.2, 0.25) is 0 Å². The topological polar surface area (TPSA) is 89.8 Å². The van der Waals surface area contributed by atoms with Crippen molar-refractivity contribution in [3.63, 3.8) is 0 Å². The molecule has 2 unspecified atom stereocenters. The van der Waals surface area contributed by atoms with Gasteiger partial charge in [-0.25, -0.2) is 0 Å². The van der Waals surface area contributed by atoms with E-state index in [4.69, 9.17) is 15.2 Å². The average Bonchev–Trinajstić information content (AvgIpc) is 2.66. The van der Waals surface area contributed by atoms with Crippen LogP contribution in [0.25, 0.3) is 0 Å². The van der Waals surface area contributed by atoms with Crippen molar-refractivity contribution in [2.24, 2.45) is 11.8 Å². The van der Waals surface area contributed by atoms with Crippen LogP contribution in [0.15, 0.2) is 0 Å². The first-order valence-electron chi connectivity index (χ1n) is 6.20. The van der Waals surface area contributed by atoms with Gasteiger partial charge in [0.15, 0.2) is 0 Å². The predicted molar refractivity (Wildman–Crippen MR) is 67.7 cm³/mol. The molecule has 1 fully saturated rings. The number of carboxylic acids is 1. The van der Waals surface area contributed by atoms with E-state index in [1.807, 2.05) is 14.1 Å². The van der Waals surface area contributed by atoms with Crippen LogP contribution in [-0.4, -0.2) is 42.3 Å². The third-order valence-electron chi connectivity index (χ3n) is 3.01. The Morgan fingerprint density at radius 3 is 2.41 bits per heavy atom. The minimum absolute atomic E-state index is 0.203. The Morgan fingerprint density at radius 2 is 1.94 bits per heavy atom. The number of carbonyl (C=O) groups is 1. The highest BCUT2D eigenvalue weighted by atomic mass is 16.4. The highest BCUT2D eigenvalue weighted by Gasteiger charge is 2.32. The van der Waals surface area contributed by atoms with E-state index in [1.165, 1.54) is 0 Å². The van der Waals surface area contributed by atoms with E-state index in [2.05, 4.69) is 5.32 Å². The van der Waals surface area contributed by atoms with Gasteiger partial charge in [0.1, 0.15) is 0 Å². The molecule has 4 N–H and O–H groups in total. The standard InChI is InChI=1S/C9H17BO4.C2H7N/c11-9(12)8-5-1-3-7(8)4-2-6-10(13)14;1-3-2/h7-8,13-14H,1-6H2,(H,11,12);3H,1-2H3. The van der Waals surface area contributed by atoms with E-state index in [0.29, 0.717) is 12.7 Å². The fourth-order valence-electron chi connectivity index (χ4n) is 2.27. The van der Waals surface area contributed by atoms with Gasteiger partial charge in [-0.15, -0.1) is 0 Å². The second-order valence-electron chi connectivity index (χ2n) is 4.55. The molecular weight excluding hydrogens is 221 g/mol. The summed E-state index contributed by atoms with van der Waals surface area (Å²) in [6.07, 6.45) is 4.59. The van der Waals surface area contributed by atoms with Crippen LogP contribution < -0.4 is 5.32 Å². The fraction of sp³-hybridized carbons (Fsp3) is 0.909. The van der Waals surface area contributed by atoms with E-state index in [0.717, 1.165) is 25.7 Å². The summed E-state index contributed by atoms with van der Waals surface area (Å²) >= 11 is 0. The van der Waals surface area contributed by atoms with Crippen LogP contribution in [0.2, 0.25) is 6.32 Å². The highest BCUT2D eigenvalue weighted by molar-refractivity contribution is 6.40. The maximum atomic E-state index is 10.8. The summed E-state index contributed by atoms with van der Waals surface area (Å²) in [7, 11) is 2.50. The first-order valence-corrected chi connectivity index (χ1v) is 6.20. The van der Waals surface area contributed by atoms with Gasteiger partial charge >= 0.3 is 13.1 Å². The smallest absolute Gasteiger partial charge is 0.451 e. The summed E-state index contributed by atoms with van der Waals surface area (Å²) in [6.45, 7) is 0. The quantitative estimate of drug-likeness (QED) is 0.532. The van der Waals surface area contributed by atoms with Crippen molar-refractivity contribution in [2.75, 3.05) is 14.1 Å². The van der Waals surface area contributed by atoms with Gasteiger partial charge in [-0.3, -0.25) is 4.79 Å². The van der Waals surface area contributed by atoms with Gasteiger partial charge in [0.05, 0.1) is 5.92 Å². The molecule has 0 aliphatic heterocycles. The zero-order chi connectivity index (χ0) is 13.3. The fourth-order valence-corrected chi connectivity index (χ4v) is 2.27. The Balaban J connectivity index is 0.000000770. The lowest BCUT2D eigenvalue weighted by molar-refractivity contribution is -0.143. The molecule has 0 saturated heterocycles. The molecule has 0 spiro atoms. The molecule has 0 aromatic heterocycles. The Labute approximate surface area is 103 Å². The number of nitrogens with one attached hydrogen (secondary N) is 1. The van der Waals surface area contributed by atoms with Gasteiger partial charge in [-0.2, -0.15) is 0 Å². The van der Waals surface area contributed by atoms with Gasteiger partial charge in [-0.05, 0) is 39.2 Å². The normalized spacial score (nSPS) is 22.8. The van der Waals surface area contributed by atoms with Gasteiger partial charge < -0.3 is 20.5 Å². The Bertz CT molecular complexity index is 214. The zero-order valence-corrected chi connectivity index (χ0v) is 10.7. The number of aliphatic carboxylic acids is 1. The van der Waals surface area contributed by atoms with E-state index >= 15 is 0 Å². The number of hydrogen-bond acceptors (Lipinski definition) is 4. The molecule has 1 saturated carbocycles. The molecule has 0 amide bonds. The minimum atomic E-state index is -1.25. The van der Waals surface area contributed by atoms with Crippen LogP contribution >= 0.6 is 0 Å². The lowest BCUT2D eigenvalue weighted by Crippen LogP contribution is -2.19. The summed E-state index contributed by atoms with van der Waals surface area (Å²) in [6, 6.07) is 0. The first kappa shape index (κ1) is 16.4.